The summed E-state index contributed by atoms with van der Waals surface area (Å²) < 4.78 is 10.8. The monoisotopic (exact) mass is 519 g/mol. The Morgan fingerprint density at radius 1 is 0.514 bits per heavy atom. The normalized spacial score (nSPS) is 11.1. The number of carbonyl (C=O) groups excluding carboxylic acids is 2. The van der Waals surface area contributed by atoms with Crippen molar-refractivity contribution in [2.45, 2.75) is 155 Å². The molecular weight excluding hydrogens is 462 g/mol. The smallest absolute Gasteiger partial charge is 0.310 e. The predicted octanol–water partition coefficient (Wildman–Crippen LogP) is 9.03. The van der Waals surface area contributed by atoms with Crippen LogP contribution < -0.4 is 0 Å². The fraction of sp³-hybridized carbons (Fsp3) is 0.812. The molecule has 0 unspecified atom stereocenters. The Balaban J connectivity index is 2.03. The van der Waals surface area contributed by atoms with Crippen molar-refractivity contribution in [3.63, 3.8) is 0 Å². The van der Waals surface area contributed by atoms with Crippen molar-refractivity contribution in [2.75, 3.05) is 13.2 Å². The zero-order valence-electron chi connectivity index (χ0n) is 24.3. The van der Waals surface area contributed by atoms with Crippen LogP contribution in [-0.2, 0) is 31.9 Å². The maximum absolute atomic E-state index is 12.2. The summed E-state index contributed by atoms with van der Waals surface area (Å²) in [5, 5.41) is 0. The van der Waals surface area contributed by atoms with E-state index in [0.717, 1.165) is 36.8 Å². The highest BCUT2D eigenvalue weighted by molar-refractivity contribution is 5.76. The van der Waals surface area contributed by atoms with E-state index in [1.165, 1.54) is 103 Å². The third kappa shape index (κ3) is 19.9. The number of ether oxygens (including phenoxy) is 2. The summed E-state index contributed by atoms with van der Waals surface area (Å²) in [5.74, 6) is -0.453. The number of unbranched alkanes of at least 4 members (excludes halogenated alkanes) is 18. The molecule has 0 aromatic carbocycles. The minimum absolute atomic E-state index is 0.197. The highest BCUT2D eigenvalue weighted by Gasteiger charge is 2.14. The molecule has 0 fully saturated rings. The van der Waals surface area contributed by atoms with Crippen LogP contribution in [0, 0.1) is 0 Å². The number of rotatable bonds is 26. The van der Waals surface area contributed by atoms with E-state index >= 15 is 0 Å². The third-order valence-electron chi connectivity index (χ3n) is 7.12. The van der Waals surface area contributed by atoms with E-state index in [1.54, 1.807) is 12.4 Å². The van der Waals surface area contributed by atoms with Gasteiger partial charge in [0, 0.05) is 12.4 Å². The van der Waals surface area contributed by atoms with Gasteiger partial charge in [-0.15, -0.1) is 0 Å². The van der Waals surface area contributed by atoms with Gasteiger partial charge in [-0.2, -0.15) is 0 Å². The second-order valence-corrected chi connectivity index (χ2v) is 10.7. The van der Waals surface area contributed by atoms with Crippen molar-refractivity contribution >= 4 is 11.9 Å². The molecule has 1 rings (SSSR count). The van der Waals surface area contributed by atoms with Crippen molar-refractivity contribution in [1.82, 2.24) is 4.98 Å². The van der Waals surface area contributed by atoms with Crippen LogP contribution in [0.3, 0.4) is 0 Å². The second-order valence-electron chi connectivity index (χ2n) is 10.7. The van der Waals surface area contributed by atoms with Crippen LogP contribution in [0.25, 0.3) is 0 Å². The van der Waals surface area contributed by atoms with Crippen LogP contribution in [0.15, 0.2) is 12.4 Å². The molecule has 0 radical (unpaired) electrons. The lowest BCUT2D eigenvalue weighted by atomic mass is 10.1. The molecule has 0 aliphatic rings. The summed E-state index contributed by atoms with van der Waals surface area (Å²) in [4.78, 5) is 27.5. The highest BCUT2D eigenvalue weighted by Crippen LogP contribution is 2.14. The molecule has 0 saturated carbocycles. The molecule has 214 valence electrons. The summed E-state index contributed by atoms with van der Waals surface area (Å²) in [7, 11) is 0. The fourth-order valence-electron chi connectivity index (χ4n) is 4.72. The lowest BCUT2D eigenvalue weighted by Gasteiger charge is -2.07. The number of hydrogen-bond acceptors (Lipinski definition) is 4. The minimum atomic E-state index is -0.226. The van der Waals surface area contributed by atoms with Crippen molar-refractivity contribution in [3.8, 4) is 0 Å². The Kier molecular flexibility index (Phi) is 22.1. The molecule has 1 heterocycles. The quantitative estimate of drug-likeness (QED) is 0.0979. The molecule has 0 saturated heterocycles. The number of carbonyl (C=O) groups is 2. The number of H-pyrrole nitrogens is 1. The van der Waals surface area contributed by atoms with Gasteiger partial charge in [0.2, 0.25) is 0 Å². The number of nitrogens with one attached hydrogen (secondary N) is 1. The summed E-state index contributed by atoms with van der Waals surface area (Å²) >= 11 is 0. The predicted molar refractivity (Wildman–Crippen MR) is 154 cm³/mol. The zero-order chi connectivity index (χ0) is 26.8. The van der Waals surface area contributed by atoms with E-state index in [4.69, 9.17) is 9.47 Å². The van der Waals surface area contributed by atoms with E-state index in [1.807, 2.05) is 0 Å². The average Bonchev–Trinajstić information content (AvgIpc) is 3.31. The largest absolute Gasteiger partial charge is 0.465 e. The Morgan fingerprint density at radius 3 is 1.14 bits per heavy atom. The lowest BCUT2D eigenvalue weighted by molar-refractivity contribution is -0.144. The standard InChI is InChI=1S/C32H57NO4/c1-3-5-7-9-11-13-15-17-19-21-23-36-31(34)25-29-27-33-28-30(29)26-32(35)37-24-22-20-18-16-14-12-10-8-6-4-2/h27-28,33H,3-26H2,1-2H3. The van der Waals surface area contributed by atoms with Gasteiger partial charge < -0.3 is 14.5 Å². The van der Waals surface area contributed by atoms with Gasteiger partial charge >= 0.3 is 11.9 Å². The van der Waals surface area contributed by atoms with E-state index in [-0.39, 0.29) is 24.8 Å². The molecule has 1 aromatic rings. The molecule has 1 aromatic heterocycles. The first kappa shape index (κ1) is 33.2. The van der Waals surface area contributed by atoms with Crippen LogP contribution in [0.1, 0.15) is 153 Å². The van der Waals surface area contributed by atoms with Crippen molar-refractivity contribution < 1.29 is 19.1 Å². The molecule has 0 aliphatic carbocycles. The van der Waals surface area contributed by atoms with Gasteiger partial charge in [-0.05, 0) is 24.0 Å². The van der Waals surface area contributed by atoms with Gasteiger partial charge in [0.05, 0.1) is 26.1 Å². The van der Waals surface area contributed by atoms with Crippen LogP contribution in [0.4, 0.5) is 0 Å². The molecule has 0 spiro atoms. The van der Waals surface area contributed by atoms with Gasteiger partial charge in [-0.1, -0.05) is 129 Å². The molecule has 1 N–H and O–H groups in total. The van der Waals surface area contributed by atoms with Crippen LogP contribution >= 0.6 is 0 Å². The van der Waals surface area contributed by atoms with Crippen LogP contribution in [-0.4, -0.2) is 30.1 Å². The minimum Gasteiger partial charge on any atom is -0.465 e. The summed E-state index contributed by atoms with van der Waals surface area (Å²) in [6.07, 6.45) is 29.2. The first-order chi connectivity index (χ1) is 18.2. The maximum Gasteiger partial charge on any atom is 0.310 e. The molecule has 37 heavy (non-hydrogen) atoms. The first-order valence-corrected chi connectivity index (χ1v) is 15.6. The Morgan fingerprint density at radius 2 is 0.811 bits per heavy atom. The number of aromatic nitrogens is 1. The zero-order valence-corrected chi connectivity index (χ0v) is 24.3. The van der Waals surface area contributed by atoms with E-state index in [0.29, 0.717) is 13.2 Å². The van der Waals surface area contributed by atoms with Gasteiger partial charge in [0.15, 0.2) is 0 Å². The molecule has 0 aliphatic heterocycles. The Bertz CT molecular complexity index is 615. The van der Waals surface area contributed by atoms with Crippen LogP contribution in [0.2, 0.25) is 0 Å². The third-order valence-corrected chi connectivity index (χ3v) is 7.12. The molecule has 0 amide bonds. The van der Waals surface area contributed by atoms with Gasteiger partial charge in [-0.25, -0.2) is 0 Å². The SMILES string of the molecule is CCCCCCCCCCCCOC(=O)Cc1c[nH]cc1CC(=O)OCCCCCCCCCCCC. The molecular formula is C32H57NO4. The lowest BCUT2D eigenvalue weighted by Crippen LogP contribution is -2.13. The fourth-order valence-corrected chi connectivity index (χ4v) is 4.72. The average molecular weight is 520 g/mol. The molecule has 0 bridgehead atoms. The number of esters is 2. The van der Waals surface area contributed by atoms with Crippen molar-refractivity contribution in [2.24, 2.45) is 0 Å². The maximum atomic E-state index is 12.2. The molecule has 0 atom stereocenters. The van der Waals surface area contributed by atoms with Gasteiger partial charge in [0.25, 0.3) is 0 Å². The highest BCUT2D eigenvalue weighted by atomic mass is 16.5. The molecule has 5 heteroatoms. The number of aromatic amines is 1. The summed E-state index contributed by atoms with van der Waals surface area (Å²) in [6.45, 7) is 5.47. The molecule has 5 nitrogen and oxygen atoms in total. The van der Waals surface area contributed by atoms with Crippen LogP contribution in [0.5, 0.6) is 0 Å². The topological polar surface area (TPSA) is 68.4 Å². The summed E-state index contributed by atoms with van der Waals surface area (Å²) in [5.41, 5.74) is 1.65. The summed E-state index contributed by atoms with van der Waals surface area (Å²) in [6, 6.07) is 0. The Hall–Kier alpha value is -1.78. The van der Waals surface area contributed by atoms with Crippen molar-refractivity contribution in [3.05, 3.63) is 23.5 Å². The number of hydrogen-bond donors (Lipinski definition) is 1. The van der Waals surface area contributed by atoms with Crippen molar-refractivity contribution in [1.29, 1.82) is 0 Å². The van der Waals surface area contributed by atoms with E-state index in [9.17, 15) is 9.59 Å². The van der Waals surface area contributed by atoms with Gasteiger partial charge in [-0.3, -0.25) is 9.59 Å². The van der Waals surface area contributed by atoms with Gasteiger partial charge in [0.1, 0.15) is 0 Å². The van der Waals surface area contributed by atoms with E-state index in [2.05, 4.69) is 18.8 Å². The Labute approximate surface area is 227 Å². The van der Waals surface area contributed by atoms with E-state index < -0.39 is 0 Å². The second kappa shape index (κ2) is 24.6. The first-order valence-electron chi connectivity index (χ1n) is 15.6.